The SMILES string of the molecule is Cc1ccc(C(C)NCc2c[nH]c3ncccc23)cc1F. The summed E-state index contributed by atoms with van der Waals surface area (Å²) in [6.45, 7) is 4.52. The molecule has 21 heavy (non-hydrogen) atoms. The van der Waals surface area contributed by atoms with E-state index in [0.29, 0.717) is 12.1 Å². The van der Waals surface area contributed by atoms with Crippen LogP contribution < -0.4 is 5.32 Å². The minimum atomic E-state index is -0.155. The Balaban J connectivity index is 1.73. The van der Waals surface area contributed by atoms with Gasteiger partial charge in [0.25, 0.3) is 0 Å². The van der Waals surface area contributed by atoms with Gasteiger partial charge in [-0.05, 0) is 48.7 Å². The number of nitrogens with one attached hydrogen (secondary N) is 2. The van der Waals surface area contributed by atoms with Crippen molar-refractivity contribution in [2.24, 2.45) is 0 Å². The maximum atomic E-state index is 13.6. The maximum Gasteiger partial charge on any atom is 0.137 e. The second-order valence-corrected chi connectivity index (χ2v) is 5.32. The lowest BCUT2D eigenvalue weighted by Gasteiger charge is -2.14. The molecule has 4 heteroatoms. The molecule has 0 amide bonds. The van der Waals surface area contributed by atoms with Crippen molar-refractivity contribution in [2.75, 3.05) is 0 Å². The molecule has 1 unspecified atom stereocenters. The van der Waals surface area contributed by atoms with Crippen molar-refractivity contribution in [1.29, 1.82) is 0 Å². The zero-order valence-electron chi connectivity index (χ0n) is 12.2. The van der Waals surface area contributed by atoms with Crippen LogP contribution in [-0.2, 0) is 6.54 Å². The number of aryl methyl sites for hydroxylation is 1. The van der Waals surface area contributed by atoms with Gasteiger partial charge in [-0.3, -0.25) is 0 Å². The zero-order valence-corrected chi connectivity index (χ0v) is 12.2. The Hall–Kier alpha value is -2.20. The van der Waals surface area contributed by atoms with Crippen LogP contribution in [0.25, 0.3) is 11.0 Å². The monoisotopic (exact) mass is 283 g/mol. The van der Waals surface area contributed by atoms with E-state index < -0.39 is 0 Å². The van der Waals surface area contributed by atoms with Crippen molar-refractivity contribution in [2.45, 2.75) is 26.4 Å². The highest BCUT2D eigenvalue weighted by atomic mass is 19.1. The summed E-state index contributed by atoms with van der Waals surface area (Å²) in [5, 5.41) is 4.54. The number of fused-ring (bicyclic) bond motifs is 1. The molecule has 1 atom stereocenters. The van der Waals surface area contributed by atoms with E-state index in [0.717, 1.165) is 22.2 Å². The Kier molecular flexibility index (Phi) is 3.71. The third kappa shape index (κ3) is 2.81. The molecule has 2 N–H and O–H groups in total. The standard InChI is InChI=1S/C17H18FN3/c1-11-5-6-13(8-16(11)18)12(2)20-9-14-10-21-17-15(14)4-3-7-19-17/h3-8,10,12,20H,9H2,1-2H3,(H,19,21). The molecule has 0 aliphatic rings. The molecular weight excluding hydrogens is 265 g/mol. The van der Waals surface area contributed by atoms with Gasteiger partial charge in [0.05, 0.1) is 0 Å². The number of aromatic amines is 1. The number of halogens is 1. The fourth-order valence-electron chi connectivity index (χ4n) is 2.42. The lowest BCUT2D eigenvalue weighted by Crippen LogP contribution is -2.18. The zero-order chi connectivity index (χ0) is 14.8. The number of H-pyrrole nitrogens is 1. The van der Waals surface area contributed by atoms with Gasteiger partial charge in [0, 0.05) is 30.4 Å². The molecule has 3 rings (SSSR count). The van der Waals surface area contributed by atoms with Crippen LogP contribution in [0.5, 0.6) is 0 Å². The Morgan fingerprint density at radius 2 is 2.19 bits per heavy atom. The van der Waals surface area contributed by atoms with Gasteiger partial charge in [-0.2, -0.15) is 0 Å². The van der Waals surface area contributed by atoms with Crippen LogP contribution in [0.4, 0.5) is 4.39 Å². The molecule has 1 aromatic carbocycles. The van der Waals surface area contributed by atoms with Gasteiger partial charge in [0.2, 0.25) is 0 Å². The fraction of sp³-hybridized carbons (Fsp3) is 0.235. The molecule has 0 saturated heterocycles. The molecule has 0 aliphatic carbocycles. The summed E-state index contributed by atoms with van der Waals surface area (Å²) in [6.07, 6.45) is 3.74. The fourth-order valence-corrected chi connectivity index (χ4v) is 2.42. The van der Waals surface area contributed by atoms with E-state index in [-0.39, 0.29) is 11.9 Å². The quantitative estimate of drug-likeness (QED) is 0.763. The summed E-state index contributed by atoms with van der Waals surface area (Å²) >= 11 is 0. The van der Waals surface area contributed by atoms with Crippen molar-refractivity contribution in [3.05, 3.63) is 65.2 Å². The first kappa shape index (κ1) is 13.8. The third-order valence-corrected chi connectivity index (χ3v) is 3.83. The van der Waals surface area contributed by atoms with Gasteiger partial charge in [0.15, 0.2) is 0 Å². The topological polar surface area (TPSA) is 40.7 Å². The number of hydrogen-bond donors (Lipinski definition) is 2. The van der Waals surface area contributed by atoms with E-state index in [9.17, 15) is 4.39 Å². The second kappa shape index (κ2) is 5.66. The molecule has 3 nitrogen and oxygen atoms in total. The summed E-state index contributed by atoms with van der Waals surface area (Å²) in [6, 6.07) is 9.45. The van der Waals surface area contributed by atoms with Crippen LogP contribution in [0, 0.1) is 12.7 Å². The van der Waals surface area contributed by atoms with Crippen LogP contribution in [0.1, 0.15) is 29.7 Å². The number of benzene rings is 1. The Morgan fingerprint density at radius 1 is 1.33 bits per heavy atom. The van der Waals surface area contributed by atoms with Crippen molar-refractivity contribution < 1.29 is 4.39 Å². The molecular formula is C17H18FN3. The van der Waals surface area contributed by atoms with E-state index in [1.807, 2.05) is 37.4 Å². The molecule has 0 spiro atoms. The molecule has 2 aromatic heterocycles. The molecule has 3 aromatic rings. The molecule has 0 bridgehead atoms. The molecule has 108 valence electrons. The third-order valence-electron chi connectivity index (χ3n) is 3.83. The molecule has 2 heterocycles. The van der Waals surface area contributed by atoms with Gasteiger partial charge < -0.3 is 10.3 Å². The Morgan fingerprint density at radius 3 is 3.00 bits per heavy atom. The highest BCUT2D eigenvalue weighted by molar-refractivity contribution is 5.79. The molecule has 0 radical (unpaired) electrons. The Labute approximate surface area is 123 Å². The number of rotatable bonds is 4. The molecule has 0 saturated carbocycles. The molecule has 0 fully saturated rings. The average Bonchev–Trinajstić information content (AvgIpc) is 2.91. The van der Waals surface area contributed by atoms with Gasteiger partial charge in [-0.15, -0.1) is 0 Å². The first-order chi connectivity index (χ1) is 10.1. The summed E-state index contributed by atoms with van der Waals surface area (Å²) in [4.78, 5) is 7.43. The van der Waals surface area contributed by atoms with Crippen molar-refractivity contribution in [3.8, 4) is 0 Å². The average molecular weight is 283 g/mol. The van der Waals surface area contributed by atoms with Gasteiger partial charge in [-0.1, -0.05) is 12.1 Å². The van der Waals surface area contributed by atoms with Crippen LogP contribution in [0.2, 0.25) is 0 Å². The predicted octanol–water partition coefficient (Wildman–Crippen LogP) is 3.86. The first-order valence-corrected chi connectivity index (χ1v) is 7.05. The van der Waals surface area contributed by atoms with Crippen LogP contribution in [0.15, 0.2) is 42.7 Å². The van der Waals surface area contributed by atoms with E-state index in [4.69, 9.17) is 0 Å². The number of pyridine rings is 1. The lowest BCUT2D eigenvalue weighted by molar-refractivity contribution is 0.564. The highest BCUT2D eigenvalue weighted by Crippen LogP contribution is 2.19. The number of hydrogen-bond acceptors (Lipinski definition) is 2. The van der Waals surface area contributed by atoms with Crippen LogP contribution in [-0.4, -0.2) is 9.97 Å². The number of nitrogens with zero attached hydrogens (tertiary/aromatic N) is 1. The largest absolute Gasteiger partial charge is 0.346 e. The minimum absolute atomic E-state index is 0.0849. The van der Waals surface area contributed by atoms with Gasteiger partial charge in [-0.25, -0.2) is 9.37 Å². The highest BCUT2D eigenvalue weighted by Gasteiger charge is 2.09. The van der Waals surface area contributed by atoms with E-state index in [1.54, 1.807) is 19.2 Å². The van der Waals surface area contributed by atoms with E-state index in [2.05, 4.69) is 15.3 Å². The molecule has 0 aliphatic heterocycles. The van der Waals surface area contributed by atoms with Crippen molar-refractivity contribution in [3.63, 3.8) is 0 Å². The van der Waals surface area contributed by atoms with Crippen molar-refractivity contribution >= 4 is 11.0 Å². The normalized spacial score (nSPS) is 12.7. The van der Waals surface area contributed by atoms with Crippen LogP contribution in [0.3, 0.4) is 0 Å². The predicted molar refractivity (Wildman–Crippen MR) is 82.5 cm³/mol. The van der Waals surface area contributed by atoms with Crippen LogP contribution >= 0.6 is 0 Å². The van der Waals surface area contributed by atoms with Gasteiger partial charge in [0.1, 0.15) is 11.5 Å². The minimum Gasteiger partial charge on any atom is -0.346 e. The van der Waals surface area contributed by atoms with Crippen molar-refractivity contribution in [1.82, 2.24) is 15.3 Å². The van der Waals surface area contributed by atoms with E-state index >= 15 is 0 Å². The van der Waals surface area contributed by atoms with Gasteiger partial charge >= 0.3 is 0 Å². The summed E-state index contributed by atoms with van der Waals surface area (Å²) < 4.78 is 13.6. The maximum absolute atomic E-state index is 13.6. The Bertz CT molecular complexity index is 764. The smallest absolute Gasteiger partial charge is 0.137 e. The number of aromatic nitrogens is 2. The lowest BCUT2D eigenvalue weighted by atomic mass is 10.1. The summed E-state index contributed by atoms with van der Waals surface area (Å²) in [5.41, 5.74) is 3.69. The van der Waals surface area contributed by atoms with E-state index in [1.165, 1.54) is 0 Å². The summed E-state index contributed by atoms with van der Waals surface area (Å²) in [5.74, 6) is -0.155. The second-order valence-electron chi connectivity index (χ2n) is 5.32. The summed E-state index contributed by atoms with van der Waals surface area (Å²) in [7, 11) is 0. The first-order valence-electron chi connectivity index (χ1n) is 7.05.